The van der Waals surface area contributed by atoms with Crippen LogP contribution in [0.5, 0.6) is 5.75 Å². The van der Waals surface area contributed by atoms with Crippen LogP contribution in [-0.2, 0) is 22.6 Å². The van der Waals surface area contributed by atoms with Gasteiger partial charge in [-0.05, 0) is 42.5 Å². The third-order valence-electron chi connectivity index (χ3n) is 4.45. The third-order valence-corrected chi connectivity index (χ3v) is 4.45. The third kappa shape index (κ3) is 7.13. The molecule has 0 aliphatic rings. The minimum atomic E-state index is -1.01. The number of carbonyl (C=O) groups excluding carboxylic acids is 1. The molecule has 0 saturated heterocycles. The number of carboxylic acid groups (broad SMARTS) is 1. The monoisotopic (exact) mass is 369 g/mol. The molecule has 0 aromatic heterocycles. The number of carboxylic acids is 1. The van der Waals surface area contributed by atoms with E-state index in [-0.39, 0.29) is 18.4 Å². The van der Waals surface area contributed by atoms with Crippen molar-refractivity contribution in [1.29, 1.82) is 0 Å². The molecule has 2 rings (SSSR count). The van der Waals surface area contributed by atoms with Crippen LogP contribution in [0.25, 0.3) is 0 Å². The number of hydrogen-bond acceptors (Lipinski definition) is 3. The molecule has 0 saturated carbocycles. The smallest absolute Gasteiger partial charge is 0.341 e. The van der Waals surface area contributed by atoms with Gasteiger partial charge in [0.1, 0.15) is 5.75 Å². The molecule has 1 unspecified atom stereocenters. The number of aliphatic carboxylic acids is 1. The highest BCUT2D eigenvalue weighted by Gasteiger charge is 2.17. The lowest BCUT2D eigenvalue weighted by Crippen LogP contribution is -2.31. The van der Waals surface area contributed by atoms with Gasteiger partial charge in [0.2, 0.25) is 5.91 Å². The highest BCUT2D eigenvalue weighted by molar-refractivity contribution is 5.78. The molecule has 0 radical (unpaired) electrons. The number of nitrogens with zero attached hydrogens (tertiary/aromatic N) is 1. The first-order valence-corrected chi connectivity index (χ1v) is 9.18. The van der Waals surface area contributed by atoms with Gasteiger partial charge < -0.3 is 14.7 Å². The molecule has 5 heteroatoms. The molecule has 0 aliphatic carbocycles. The summed E-state index contributed by atoms with van der Waals surface area (Å²) in [4.78, 5) is 24.8. The Morgan fingerprint density at radius 3 is 2.33 bits per heavy atom. The van der Waals surface area contributed by atoms with Crippen LogP contribution in [0.4, 0.5) is 0 Å². The summed E-state index contributed by atoms with van der Waals surface area (Å²) < 4.78 is 5.11. The molecule has 2 aromatic rings. The average Bonchev–Trinajstić information content (AvgIpc) is 2.67. The first kappa shape index (κ1) is 20.5. The van der Waals surface area contributed by atoms with Crippen molar-refractivity contribution in [3.63, 3.8) is 0 Å². The molecule has 0 aliphatic heterocycles. The standard InChI is InChI=1S/C22H27NO4/c1-17(7-6-10-18-8-4-3-5-9-18)22(26)23(2)15-19-11-13-20(14-12-19)27-16-21(24)25/h3-5,8-9,11-14,17H,6-7,10,15-16H2,1-2H3,(H,24,25). The number of rotatable bonds is 10. The number of carbonyl (C=O) groups is 2. The van der Waals surface area contributed by atoms with Gasteiger partial charge in [0, 0.05) is 19.5 Å². The van der Waals surface area contributed by atoms with E-state index in [9.17, 15) is 9.59 Å². The summed E-state index contributed by atoms with van der Waals surface area (Å²) in [5.41, 5.74) is 2.28. The Labute approximate surface area is 160 Å². The number of amides is 1. The number of hydrogen-bond donors (Lipinski definition) is 1. The molecule has 1 N–H and O–H groups in total. The second kappa shape index (κ2) is 10.4. The van der Waals surface area contributed by atoms with E-state index in [2.05, 4.69) is 12.1 Å². The van der Waals surface area contributed by atoms with Crippen molar-refractivity contribution in [2.24, 2.45) is 5.92 Å². The van der Waals surface area contributed by atoms with Crippen molar-refractivity contribution in [2.45, 2.75) is 32.7 Å². The first-order valence-electron chi connectivity index (χ1n) is 9.18. The largest absolute Gasteiger partial charge is 0.482 e. The van der Waals surface area contributed by atoms with E-state index in [0.29, 0.717) is 12.3 Å². The van der Waals surface area contributed by atoms with Gasteiger partial charge in [-0.15, -0.1) is 0 Å². The highest BCUT2D eigenvalue weighted by atomic mass is 16.5. The fourth-order valence-electron chi connectivity index (χ4n) is 2.94. The maximum absolute atomic E-state index is 12.6. The zero-order valence-electron chi connectivity index (χ0n) is 15.9. The molecule has 5 nitrogen and oxygen atoms in total. The quantitative estimate of drug-likeness (QED) is 0.692. The van der Waals surface area contributed by atoms with E-state index >= 15 is 0 Å². The topological polar surface area (TPSA) is 66.8 Å². The average molecular weight is 369 g/mol. The van der Waals surface area contributed by atoms with Crippen LogP contribution in [0.2, 0.25) is 0 Å². The van der Waals surface area contributed by atoms with E-state index in [1.165, 1.54) is 5.56 Å². The van der Waals surface area contributed by atoms with Gasteiger partial charge in [-0.1, -0.05) is 49.4 Å². The molecule has 1 atom stereocenters. The van der Waals surface area contributed by atoms with Crippen LogP contribution in [-0.4, -0.2) is 35.5 Å². The first-order chi connectivity index (χ1) is 13.0. The van der Waals surface area contributed by atoms with Crippen molar-refractivity contribution in [3.05, 3.63) is 65.7 Å². The van der Waals surface area contributed by atoms with Gasteiger partial charge in [0.25, 0.3) is 0 Å². The summed E-state index contributed by atoms with van der Waals surface area (Å²) in [6.07, 6.45) is 2.83. The second-order valence-corrected chi connectivity index (χ2v) is 6.80. The van der Waals surface area contributed by atoms with Crippen molar-refractivity contribution in [1.82, 2.24) is 4.90 Å². The van der Waals surface area contributed by atoms with Crippen LogP contribution in [0.15, 0.2) is 54.6 Å². The molecular weight excluding hydrogens is 342 g/mol. The lowest BCUT2D eigenvalue weighted by atomic mass is 10.00. The maximum Gasteiger partial charge on any atom is 0.341 e. The van der Waals surface area contributed by atoms with E-state index in [0.717, 1.165) is 24.8 Å². The second-order valence-electron chi connectivity index (χ2n) is 6.80. The molecule has 2 aromatic carbocycles. The minimum absolute atomic E-state index is 0.0168. The fourth-order valence-corrected chi connectivity index (χ4v) is 2.94. The molecule has 0 heterocycles. The molecule has 27 heavy (non-hydrogen) atoms. The Balaban J connectivity index is 1.77. The van der Waals surface area contributed by atoms with Crippen molar-refractivity contribution in [3.8, 4) is 5.75 Å². The molecule has 0 spiro atoms. The lowest BCUT2D eigenvalue weighted by Gasteiger charge is -2.21. The molecule has 144 valence electrons. The Bertz CT molecular complexity index is 728. The zero-order chi connectivity index (χ0) is 19.6. The predicted octanol–water partition coefficient (Wildman–Crippen LogP) is 3.77. The van der Waals surface area contributed by atoms with Gasteiger partial charge in [0.05, 0.1) is 0 Å². The van der Waals surface area contributed by atoms with Gasteiger partial charge in [-0.25, -0.2) is 4.79 Å². The number of ether oxygens (including phenoxy) is 1. The van der Waals surface area contributed by atoms with Crippen LogP contribution < -0.4 is 4.74 Å². The van der Waals surface area contributed by atoms with Crippen LogP contribution in [0, 0.1) is 5.92 Å². The minimum Gasteiger partial charge on any atom is -0.482 e. The van der Waals surface area contributed by atoms with Gasteiger partial charge in [-0.2, -0.15) is 0 Å². The fraction of sp³-hybridized carbons (Fsp3) is 0.364. The van der Waals surface area contributed by atoms with Crippen LogP contribution >= 0.6 is 0 Å². The zero-order valence-corrected chi connectivity index (χ0v) is 15.9. The van der Waals surface area contributed by atoms with Gasteiger partial charge in [0.15, 0.2) is 6.61 Å². The van der Waals surface area contributed by atoms with E-state index < -0.39 is 5.97 Å². The molecule has 1 amide bonds. The van der Waals surface area contributed by atoms with Crippen molar-refractivity contribution >= 4 is 11.9 Å². The van der Waals surface area contributed by atoms with Gasteiger partial charge in [-0.3, -0.25) is 4.79 Å². The Kier molecular flexibility index (Phi) is 7.86. The van der Waals surface area contributed by atoms with E-state index in [1.807, 2.05) is 44.3 Å². The Morgan fingerprint density at radius 2 is 1.70 bits per heavy atom. The maximum atomic E-state index is 12.6. The SMILES string of the molecule is CC(CCCc1ccccc1)C(=O)N(C)Cc1ccc(OCC(=O)O)cc1. The molecular formula is C22H27NO4. The Hall–Kier alpha value is -2.82. The molecule has 0 fully saturated rings. The van der Waals surface area contributed by atoms with Crippen LogP contribution in [0.1, 0.15) is 30.9 Å². The summed E-state index contributed by atoms with van der Waals surface area (Å²) in [6.45, 7) is 2.13. The van der Waals surface area contributed by atoms with E-state index in [1.54, 1.807) is 17.0 Å². The van der Waals surface area contributed by atoms with E-state index in [4.69, 9.17) is 9.84 Å². The Morgan fingerprint density at radius 1 is 1.04 bits per heavy atom. The summed E-state index contributed by atoms with van der Waals surface area (Å²) >= 11 is 0. The summed E-state index contributed by atoms with van der Waals surface area (Å²) in [5.74, 6) is -0.388. The predicted molar refractivity (Wildman–Crippen MR) is 105 cm³/mol. The number of benzene rings is 2. The molecule has 0 bridgehead atoms. The summed E-state index contributed by atoms with van der Waals surface area (Å²) in [6, 6.07) is 17.5. The van der Waals surface area contributed by atoms with Gasteiger partial charge >= 0.3 is 5.97 Å². The van der Waals surface area contributed by atoms with Crippen LogP contribution in [0.3, 0.4) is 0 Å². The summed E-state index contributed by atoms with van der Waals surface area (Å²) in [7, 11) is 1.81. The lowest BCUT2D eigenvalue weighted by molar-refractivity contribution is -0.139. The summed E-state index contributed by atoms with van der Waals surface area (Å²) in [5, 5.41) is 8.62. The van der Waals surface area contributed by atoms with Crippen molar-refractivity contribution < 1.29 is 19.4 Å². The highest BCUT2D eigenvalue weighted by Crippen LogP contribution is 2.16. The normalized spacial score (nSPS) is 11.6. The van der Waals surface area contributed by atoms with Crippen molar-refractivity contribution in [2.75, 3.05) is 13.7 Å². The number of aryl methyl sites for hydroxylation is 1.